The molecule has 0 spiro atoms. The standard InChI is InChI=1S/C17H18N4/c1-6-13(16-9(2)14(7-18)11(4)20-16)17-10(3)15(8-19)12(5)21-17/h6,20-21H,1-5H3. The van der Waals surface area contributed by atoms with Gasteiger partial charge in [-0.3, -0.25) is 0 Å². The van der Waals surface area contributed by atoms with Gasteiger partial charge in [-0.1, -0.05) is 6.08 Å². The number of hydrogen-bond acceptors (Lipinski definition) is 2. The van der Waals surface area contributed by atoms with Crippen LogP contribution in [-0.2, 0) is 0 Å². The summed E-state index contributed by atoms with van der Waals surface area (Å²) in [6, 6.07) is 4.47. The molecule has 0 bridgehead atoms. The van der Waals surface area contributed by atoms with Crippen LogP contribution in [0.25, 0.3) is 5.57 Å². The fourth-order valence-electron chi connectivity index (χ4n) is 2.79. The Kier molecular flexibility index (Phi) is 3.74. The van der Waals surface area contributed by atoms with Gasteiger partial charge in [0.1, 0.15) is 12.1 Å². The van der Waals surface area contributed by atoms with E-state index in [2.05, 4.69) is 22.1 Å². The van der Waals surface area contributed by atoms with Gasteiger partial charge in [-0.25, -0.2) is 0 Å². The highest BCUT2D eigenvalue weighted by Crippen LogP contribution is 2.31. The van der Waals surface area contributed by atoms with Gasteiger partial charge in [0, 0.05) is 17.0 Å². The van der Waals surface area contributed by atoms with E-state index in [0.717, 1.165) is 39.5 Å². The van der Waals surface area contributed by atoms with Crippen molar-refractivity contribution < 1.29 is 0 Å². The third-order valence-electron chi connectivity index (χ3n) is 3.93. The van der Waals surface area contributed by atoms with E-state index in [1.165, 1.54) is 0 Å². The van der Waals surface area contributed by atoms with Gasteiger partial charge in [-0.05, 0) is 45.7 Å². The average molecular weight is 278 g/mol. The quantitative estimate of drug-likeness (QED) is 0.876. The molecule has 0 unspecified atom stereocenters. The van der Waals surface area contributed by atoms with Crippen LogP contribution in [0.3, 0.4) is 0 Å². The van der Waals surface area contributed by atoms with Gasteiger partial charge in [0.15, 0.2) is 0 Å². The Balaban J connectivity index is 2.69. The van der Waals surface area contributed by atoms with Gasteiger partial charge in [-0.2, -0.15) is 10.5 Å². The van der Waals surface area contributed by atoms with Crippen molar-refractivity contribution in [2.45, 2.75) is 34.6 Å². The Hall–Kier alpha value is -2.72. The summed E-state index contributed by atoms with van der Waals surface area (Å²) >= 11 is 0. The normalized spacial score (nSPS) is 10.0. The van der Waals surface area contributed by atoms with Crippen LogP contribution in [0.2, 0.25) is 0 Å². The molecule has 0 aliphatic rings. The molecule has 0 aliphatic carbocycles. The van der Waals surface area contributed by atoms with Gasteiger partial charge in [0.2, 0.25) is 0 Å². The van der Waals surface area contributed by atoms with Crippen molar-refractivity contribution in [2.24, 2.45) is 0 Å². The molecule has 2 aromatic rings. The molecule has 2 heterocycles. The van der Waals surface area contributed by atoms with E-state index in [4.69, 9.17) is 0 Å². The molecule has 2 N–H and O–H groups in total. The summed E-state index contributed by atoms with van der Waals surface area (Å²) in [5, 5.41) is 18.5. The first-order valence-electron chi connectivity index (χ1n) is 6.81. The molecule has 0 saturated heterocycles. The summed E-state index contributed by atoms with van der Waals surface area (Å²) in [4.78, 5) is 6.59. The molecular weight excluding hydrogens is 260 g/mol. The molecule has 0 aromatic carbocycles. The van der Waals surface area contributed by atoms with Crippen molar-refractivity contribution >= 4 is 5.57 Å². The van der Waals surface area contributed by atoms with Crippen molar-refractivity contribution in [1.29, 1.82) is 10.5 Å². The molecular formula is C17H18N4. The number of nitriles is 2. The van der Waals surface area contributed by atoms with Crippen molar-refractivity contribution in [3.63, 3.8) is 0 Å². The molecule has 0 aliphatic heterocycles. The fraction of sp³-hybridized carbons (Fsp3) is 0.294. The fourth-order valence-corrected chi connectivity index (χ4v) is 2.79. The Morgan fingerprint density at radius 3 is 1.48 bits per heavy atom. The Morgan fingerprint density at radius 1 is 0.857 bits per heavy atom. The van der Waals surface area contributed by atoms with Gasteiger partial charge in [-0.15, -0.1) is 0 Å². The molecule has 0 saturated carbocycles. The molecule has 0 atom stereocenters. The predicted octanol–water partition coefficient (Wildman–Crippen LogP) is 3.77. The van der Waals surface area contributed by atoms with Crippen LogP contribution >= 0.6 is 0 Å². The molecule has 0 amide bonds. The lowest BCUT2D eigenvalue weighted by molar-refractivity contribution is 1.19. The summed E-state index contributed by atoms with van der Waals surface area (Å²) in [6.07, 6.45) is 2.00. The van der Waals surface area contributed by atoms with E-state index in [0.29, 0.717) is 11.1 Å². The topological polar surface area (TPSA) is 79.2 Å². The van der Waals surface area contributed by atoms with Crippen LogP contribution in [0.15, 0.2) is 6.08 Å². The number of aryl methyl sites for hydroxylation is 2. The number of allylic oxidation sites excluding steroid dienone is 1. The lowest BCUT2D eigenvalue weighted by Crippen LogP contribution is -1.94. The van der Waals surface area contributed by atoms with Gasteiger partial charge in [0.25, 0.3) is 0 Å². The van der Waals surface area contributed by atoms with Gasteiger partial charge in [0.05, 0.1) is 22.5 Å². The number of nitrogens with zero attached hydrogens (tertiary/aromatic N) is 2. The second-order valence-electron chi connectivity index (χ2n) is 5.18. The summed E-state index contributed by atoms with van der Waals surface area (Å²) in [7, 11) is 0. The Bertz CT molecular complexity index is 750. The number of hydrogen-bond donors (Lipinski definition) is 2. The third kappa shape index (κ3) is 2.15. The molecule has 21 heavy (non-hydrogen) atoms. The second kappa shape index (κ2) is 5.34. The maximum absolute atomic E-state index is 9.24. The van der Waals surface area contributed by atoms with E-state index in [1.807, 2.05) is 40.7 Å². The molecule has 0 radical (unpaired) electrons. The summed E-state index contributed by atoms with van der Waals surface area (Å²) < 4.78 is 0. The summed E-state index contributed by atoms with van der Waals surface area (Å²) in [5.41, 5.74) is 7.83. The monoisotopic (exact) mass is 278 g/mol. The first-order valence-corrected chi connectivity index (χ1v) is 6.81. The highest BCUT2D eigenvalue weighted by atomic mass is 14.8. The molecule has 106 valence electrons. The summed E-state index contributed by atoms with van der Waals surface area (Å²) in [6.45, 7) is 9.64. The largest absolute Gasteiger partial charge is 0.357 e. The molecule has 2 rings (SSSR count). The van der Waals surface area contributed by atoms with Gasteiger partial charge >= 0.3 is 0 Å². The molecule has 4 nitrogen and oxygen atoms in total. The smallest absolute Gasteiger partial charge is 0.101 e. The van der Waals surface area contributed by atoms with Crippen molar-refractivity contribution in [2.75, 3.05) is 0 Å². The Labute approximate surface area is 124 Å². The Morgan fingerprint density at radius 2 is 1.24 bits per heavy atom. The first-order chi connectivity index (χ1) is 9.96. The van der Waals surface area contributed by atoms with E-state index >= 15 is 0 Å². The number of aromatic amines is 2. The average Bonchev–Trinajstić information content (AvgIpc) is 2.89. The lowest BCUT2D eigenvalue weighted by atomic mass is 10.00. The zero-order valence-corrected chi connectivity index (χ0v) is 13.0. The minimum Gasteiger partial charge on any atom is -0.357 e. The second-order valence-corrected chi connectivity index (χ2v) is 5.18. The number of aromatic nitrogens is 2. The van der Waals surface area contributed by atoms with Crippen LogP contribution in [0, 0.1) is 50.4 Å². The number of rotatable bonds is 2. The minimum atomic E-state index is 0.686. The van der Waals surface area contributed by atoms with Crippen molar-refractivity contribution in [3.8, 4) is 12.1 Å². The van der Waals surface area contributed by atoms with E-state index in [9.17, 15) is 10.5 Å². The predicted molar refractivity (Wildman–Crippen MR) is 82.7 cm³/mol. The maximum Gasteiger partial charge on any atom is 0.101 e. The van der Waals surface area contributed by atoms with E-state index in [-0.39, 0.29) is 0 Å². The number of H-pyrrole nitrogens is 2. The molecule has 2 aromatic heterocycles. The van der Waals surface area contributed by atoms with Crippen molar-refractivity contribution in [3.05, 3.63) is 51.1 Å². The van der Waals surface area contributed by atoms with E-state index < -0.39 is 0 Å². The van der Waals surface area contributed by atoms with Crippen LogP contribution in [0.1, 0.15) is 52.0 Å². The van der Waals surface area contributed by atoms with Crippen LogP contribution in [0.4, 0.5) is 0 Å². The van der Waals surface area contributed by atoms with E-state index in [1.54, 1.807) is 0 Å². The van der Waals surface area contributed by atoms with Crippen LogP contribution in [-0.4, -0.2) is 9.97 Å². The molecule has 0 fully saturated rings. The third-order valence-corrected chi connectivity index (χ3v) is 3.93. The number of nitrogens with one attached hydrogen (secondary N) is 2. The van der Waals surface area contributed by atoms with Crippen molar-refractivity contribution in [1.82, 2.24) is 9.97 Å². The van der Waals surface area contributed by atoms with Crippen LogP contribution in [0.5, 0.6) is 0 Å². The zero-order valence-electron chi connectivity index (χ0n) is 13.0. The minimum absolute atomic E-state index is 0.686. The lowest BCUT2D eigenvalue weighted by Gasteiger charge is -2.07. The van der Waals surface area contributed by atoms with Gasteiger partial charge < -0.3 is 9.97 Å². The highest BCUT2D eigenvalue weighted by molar-refractivity contribution is 5.82. The van der Waals surface area contributed by atoms with Crippen LogP contribution < -0.4 is 0 Å². The zero-order chi connectivity index (χ0) is 15.7. The summed E-state index contributed by atoms with van der Waals surface area (Å²) in [5.74, 6) is 0. The first kappa shape index (κ1) is 14.7. The SMILES string of the molecule is CC=C(c1[nH]c(C)c(C#N)c1C)c1[nH]c(C)c(C#N)c1C. The highest BCUT2D eigenvalue weighted by Gasteiger charge is 2.20. The molecule has 4 heteroatoms. The maximum atomic E-state index is 9.24.